The van der Waals surface area contributed by atoms with Crippen molar-refractivity contribution in [2.24, 2.45) is 0 Å². The molecule has 0 aliphatic rings. The van der Waals surface area contributed by atoms with Crippen LogP contribution in [0, 0.1) is 6.92 Å². The van der Waals surface area contributed by atoms with Gasteiger partial charge in [0.15, 0.2) is 0 Å². The van der Waals surface area contributed by atoms with Gasteiger partial charge >= 0.3 is 99.1 Å². The molecular formula is C14H18BP. The fourth-order valence-electron chi connectivity index (χ4n) is 2.28. The molecule has 2 heteroatoms. The van der Waals surface area contributed by atoms with Crippen molar-refractivity contribution in [3.8, 4) is 0 Å². The van der Waals surface area contributed by atoms with Crippen LogP contribution in [0.2, 0.25) is 0 Å². The third-order valence-electron chi connectivity index (χ3n) is 3.31. The first-order valence-electron chi connectivity index (χ1n) is 5.74. The van der Waals surface area contributed by atoms with Gasteiger partial charge in [-0.05, 0) is 0 Å². The number of rotatable bonds is 2. The van der Waals surface area contributed by atoms with Crippen molar-refractivity contribution in [3.63, 3.8) is 0 Å². The molecule has 16 heavy (non-hydrogen) atoms. The van der Waals surface area contributed by atoms with Gasteiger partial charge in [0.1, 0.15) is 0 Å². The van der Waals surface area contributed by atoms with Crippen LogP contribution in [0.1, 0.15) is 5.56 Å². The molecule has 0 spiro atoms. The minimum absolute atomic E-state index is 1.42. The molecule has 0 bridgehead atoms. The van der Waals surface area contributed by atoms with E-state index >= 15 is 0 Å². The fourth-order valence-corrected chi connectivity index (χ4v) is 5.20. The summed E-state index contributed by atoms with van der Waals surface area (Å²) in [7, 11) is 0.921. The fraction of sp³-hybridized carbons (Fsp3) is 0.143. The second-order valence-corrected chi connectivity index (χ2v) is 9.17. The summed E-state index contributed by atoms with van der Waals surface area (Å²) in [6.07, 6.45) is 0. The number of aryl methyl sites for hydroxylation is 1. The van der Waals surface area contributed by atoms with Crippen molar-refractivity contribution >= 4 is 25.3 Å². The molecule has 0 aliphatic heterocycles. The predicted molar refractivity (Wildman–Crippen MR) is 79.7 cm³/mol. The van der Waals surface area contributed by atoms with Gasteiger partial charge in [-0.15, -0.1) is 0 Å². The van der Waals surface area contributed by atoms with E-state index in [0.29, 0.717) is 0 Å². The van der Waals surface area contributed by atoms with Gasteiger partial charge in [0.05, 0.1) is 0 Å². The van der Waals surface area contributed by atoms with Crippen LogP contribution in [-0.4, -0.2) is 14.2 Å². The van der Waals surface area contributed by atoms with Gasteiger partial charge in [0.25, 0.3) is 0 Å². The minimum atomic E-state index is -1.50. The van der Waals surface area contributed by atoms with E-state index in [4.69, 9.17) is 0 Å². The van der Waals surface area contributed by atoms with E-state index in [1.54, 1.807) is 5.30 Å². The van der Waals surface area contributed by atoms with Gasteiger partial charge in [-0.25, -0.2) is 0 Å². The standard InChI is InChI=1S/C14H18BP/c1-12-8-6-7-11-14(12)16(2,15)13-9-4-3-5-10-13/h3-11,16H,15H2,1-2H3. The first-order valence-corrected chi connectivity index (χ1v) is 8.74. The molecule has 0 heterocycles. The van der Waals surface area contributed by atoms with Gasteiger partial charge in [-0.2, -0.15) is 0 Å². The molecule has 0 amide bonds. The molecule has 0 N–H and O–H groups in total. The first kappa shape index (κ1) is 11.4. The van der Waals surface area contributed by atoms with E-state index in [2.05, 4.69) is 75.8 Å². The van der Waals surface area contributed by atoms with Gasteiger partial charge in [0.2, 0.25) is 0 Å². The van der Waals surface area contributed by atoms with Crippen LogP contribution < -0.4 is 10.6 Å². The van der Waals surface area contributed by atoms with Crippen LogP contribution in [-0.2, 0) is 0 Å². The molecule has 0 saturated heterocycles. The summed E-state index contributed by atoms with van der Waals surface area (Å²) in [5, 5.41) is 3.05. The van der Waals surface area contributed by atoms with Crippen LogP contribution in [0.3, 0.4) is 0 Å². The Morgan fingerprint density at radius 1 is 0.875 bits per heavy atom. The molecule has 2 aromatic rings. The topological polar surface area (TPSA) is 0 Å². The zero-order valence-electron chi connectivity index (χ0n) is 10.2. The second-order valence-electron chi connectivity index (χ2n) is 4.81. The number of benzene rings is 2. The SMILES string of the molecule is B[PH](C)(c1ccccc1)c1ccccc1C. The molecule has 0 aromatic heterocycles. The van der Waals surface area contributed by atoms with Crippen LogP contribution in [0.4, 0.5) is 0 Å². The summed E-state index contributed by atoms with van der Waals surface area (Å²) in [5.74, 6) is 0. The van der Waals surface area contributed by atoms with E-state index in [1.807, 2.05) is 0 Å². The Balaban J connectivity index is 2.51. The zero-order chi connectivity index (χ0) is 11.6. The molecule has 0 radical (unpaired) electrons. The van der Waals surface area contributed by atoms with Crippen molar-refractivity contribution in [2.45, 2.75) is 6.92 Å². The third-order valence-corrected chi connectivity index (χ3v) is 7.00. The Hall–Kier alpha value is -1.07. The molecule has 82 valence electrons. The van der Waals surface area contributed by atoms with E-state index in [1.165, 1.54) is 10.9 Å². The molecule has 2 rings (SSSR count). The molecule has 0 fully saturated rings. The van der Waals surface area contributed by atoms with E-state index in [9.17, 15) is 0 Å². The normalized spacial score (nSPS) is 12.4. The molecule has 0 aliphatic carbocycles. The van der Waals surface area contributed by atoms with E-state index < -0.39 is 7.14 Å². The van der Waals surface area contributed by atoms with E-state index in [-0.39, 0.29) is 0 Å². The van der Waals surface area contributed by atoms with Gasteiger partial charge < -0.3 is 0 Å². The monoisotopic (exact) mass is 228 g/mol. The van der Waals surface area contributed by atoms with E-state index in [0.717, 1.165) is 0 Å². The van der Waals surface area contributed by atoms with Crippen LogP contribution >= 0.6 is 7.14 Å². The Bertz CT molecular complexity index is 477. The van der Waals surface area contributed by atoms with Crippen LogP contribution in [0.5, 0.6) is 0 Å². The van der Waals surface area contributed by atoms with Crippen molar-refractivity contribution < 1.29 is 0 Å². The Morgan fingerprint density at radius 3 is 2.06 bits per heavy atom. The summed E-state index contributed by atoms with van der Waals surface area (Å²) in [4.78, 5) is 0. The number of hydrogen-bond acceptors (Lipinski definition) is 0. The number of hydrogen-bond donors (Lipinski definition) is 0. The Morgan fingerprint density at radius 2 is 1.44 bits per heavy atom. The van der Waals surface area contributed by atoms with Crippen molar-refractivity contribution in [1.29, 1.82) is 0 Å². The summed E-state index contributed by atoms with van der Waals surface area (Å²) < 4.78 is 0. The summed E-state index contributed by atoms with van der Waals surface area (Å²) in [5.41, 5.74) is 1.42. The quantitative estimate of drug-likeness (QED) is 0.543. The summed E-state index contributed by atoms with van der Waals surface area (Å²) in [6.45, 7) is 4.64. The average Bonchev–Trinajstić information content (AvgIpc) is 2.30. The van der Waals surface area contributed by atoms with Crippen molar-refractivity contribution in [2.75, 3.05) is 6.66 Å². The van der Waals surface area contributed by atoms with Gasteiger partial charge in [0, 0.05) is 0 Å². The molecule has 0 nitrogen and oxygen atoms in total. The predicted octanol–water partition coefficient (Wildman–Crippen LogP) is 1.87. The van der Waals surface area contributed by atoms with Crippen LogP contribution in [0.15, 0.2) is 54.6 Å². The van der Waals surface area contributed by atoms with Gasteiger partial charge in [-0.3, -0.25) is 0 Å². The molecular weight excluding hydrogens is 210 g/mol. The Labute approximate surface area is 99.4 Å². The molecule has 0 atom stereocenters. The molecule has 0 saturated carbocycles. The zero-order valence-corrected chi connectivity index (χ0v) is 11.2. The van der Waals surface area contributed by atoms with Crippen LogP contribution in [0.25, 0.3) is 0 Å². The summed E-state index contributed by atoms with van der Waals surface area (Å²) in [6, 6.07) is 19.7. The van der Waals surface area contributed by atoms with Crippen molar-refractivity contribution in [1.82, 2.24) is 0 Å². The third kappa shape index (κ3) is 2.06. The first-order chi connectivity index (χ1) is 7.62. The van der Waals surface area contributed by atoms with Crippen molar-refractivity contribution in [3.05, 3.63) is 60.2 Å². The summed E-state index contributed by atoms with van der Waals surface area (Å²) >= 11 is 0. The maximum absolute atomic E-state index is 2.42. The Kier molecular flexibility index (Phi) is 3.16. The second kappa shape index (κ2) is 4.43. The molecule has 2 aromatic carbocycles. The maximum atomic E-state index is 2.42. The molecule has 0 unspecified atom stereocenters. The average molecular weight is 228 g/mol. The van der Waals surface area contributed by atoms with Gasteiger partial charge in [-0.1, -0.05) is 0 Å².